The summed E-state index contributed by atoms with van der Waals surface area (Å²) in [6, 6.07) is 2.45. The summed E-state index contributed by atoms with van der Waals surface area (Å²) in [6.45, 7) is 4.52. The van der Waals surface area contributed by atoms with Crippen LogP contribution in [0.1, 0.15) is 52.0 Å². The van der Waals surface area contributed by atoms with E-state index in [0.29, 0.717) is 5.56 Å². The van der Waals surface area contributed by atoms with Crippen molar-refractivity contribution in [3.63, 3.8) is 0 Å². The number of carboxylic acid groups (broad SMARTS) is 1. The standard InChI is InChI=1S/C32H44N6O12S/c1-19(2)17-24(36-25(39)13-15-38-26(40)10-11-27(38)41)31(46)34-20(3)29(44)37-23(9-12-28(42)43)30(45)35-22-7-5-21(6-8-22)18-50-32(47)33-14-16-51(4,48)49/h5-8,10-11,19-20,23-24H,9,12-18H2,1-4H3,(H,33,47)(H,34,46)(H,35,45)(H,36,39)(H,37,44)(H,42,43)/t20-,23-,24+/m0/s1. The Hall–Kier alpha value is -5.33. The zero-order valence-corrected chi connectivity index (χ0v) is 29.5. The van der Waals surface area contributed by atoms with E-state index >= 15 is 0 Å². The van der Waals surface area contributed by atoms with E-state index in [1.54, 1.807) is 0 Å². The number of hydrogen-bond donors (Lipinski definition) is 6. The number of nitrogens with zero attached hydrogens (tertiary/aromatic N) is 1. The highest BCUT2D eigenvalue weighted by atomic mass is 32.2. The minimum absolute atomic E-state index is 0.0555. The van der Waals surface area contributed by atoms with Crippen LogP contribution < -0.4 is 26.6 Å². The minimum atomic E-state index is -3.25. The van der Waals surface area contributed by atoms with Crippen LogP contribution in [0.2, 0.25) is 0 Å². The molecule has 1 aliphatic heterocycles. The molecule has 18 nitrogen and oxygen atoms in total. The number of carboxylic acids is 1. The summed E-state index contributed by atoms with van der Waals surface area (Å²) in [6.07, 6.45) is 1.60. The highest BCUT2D eigenvalue weighted by Gasteiger charge is 2.29. The van der Waals surface area contributed by atoms with Gasteiger partial charge in [0.15, 0.2) is 0 Å². The SMILES string of the molecule is CC(C)C[C@@H](NC(=O)CCN1C(=O)C=CC1=O)C(=O)N[C@@H](C)C(=O)N[C@@H](CCC(=O)O)C(=O)Nc1ccc(COC(=O)NCCS(C)(=O)=O)cc1. The van der Waals surface area contributed by atoms with Gasteiger partial charge in [-0.3, -0.25) is 38.5 Å². The molecule has 6 N–H and O–H groups in total. The van der Waals surface area contributed by atoms with Crippen molar-refractivity contribution in [3.05, 3.63) is 42.0 Å². The lowest BCUT2D eigenvalue weighted by atomic mass is 10.0. The van der Waals surface area contributed by atoms with Crippen molar-refractivity contribution in [2.45, 2.75) is 71.2 Å². The molecular formula is C32H44N6O12S. The van der Waals surface area contributed by atoms with Gasteiger partial charge in [0.2, 0.25) is 23.6 Å². The first-order valence-corrected chi connectivity index (χ1v) is 18.0. The molecule has 0 unspecified atom stereocenters. The quantitative estimate of drug-likeness (QED) is 0.0934. The lowest BCUT2D eigenvalue weighted by Gasteiger charge is -2.24. The van der Waals surface area contributed by atoms with Crippen molar-refractivity contribution in [1.29, 1.82) is 0 Å². The number of alkyl carbamates (subject to hydrolysis) is 1. The molecule has 0 aliphatic carbocycles. The van der Waals surface area contributed by atoms with Crippen LogP contribution in [0.4, 0.5) is 10.5 Å². The van der Waals surface area contributed by atoms with Crippen LogP contribution in [0.3, 0.4) is 0 Å². The Labute approximate surface area is 295 Å². The minimum Gasteiger partial charge on any atom is -0.481 e. The molecule has 2 rings (SSSR count). The van der Waals surface area contributed by atoms with E-state index in [4.69, 9.17) is 4.74 Å². The third kappa shape index (κ3) is 15.8. The molecule has 280 valence electrons. The molecule has 51 heavy (non-hydrogen) atoms. The molecule has 1 aromatic rings. The molecule has 1 aliphatic rings. The summed E-state index contributed by atoms with van der Waals surface area (Å²) in [4.78, 5) is 99.3. The third-order valence-corrected chi connectivity index (χ3v) is 8.13. The van der Waals surface area contributed by atoms with Gasteiger partial charge >= 0.3 is 12.1 Å². The molecule has 0 radical (unpaired) electrons. The fraction of sp³-hybridized carbons (Fsp3) is 0.500. The lowest BCUT2D eigenvalue weighted by molar-refractivity contribution is -0.139. The molecule has 19 heteroatoms. The van der Waals surface area contributed by atoms with Crippen LogP contribution in [0.15, 0.2) is 36.4 Å². The highest BCUT2D eigenvalue weighted by Crippen LogP contribution is 2.13. The van der Waals surface area contributed by atoms with E-state index in [2.05, 4.69) is 26.6 Å². The Morgan fingerprint density at radius 1 is 0.843 bits per heavy atom. The molecule has 1 heterocycles. The first-order chi connectivity index (χ1) is 23.8. The number of carbonyl (C=O) groups is 8. The number of nitrogens with one attached hydrogen (secondary N) is 5. The van der Waals surface area contributed by atoms with Crippen LogP contribution in [-0.4, -0.2) is 109 Å². The van der Waals surface area contributed by atoms with Gasteiger partial charge in [-0.05, 0) is 43.4 Å². The first kappa shape index (κ1) is 41.8. The maximum absolute atomic E-state index is 13.1. The van der Waals surface area contributed by atoms with Crippen LogP contribution in [-0.2, 0) is 54.7 Å². The van der Waals surface area contributed by atoms with Crippen LogP contribution in [0.5, 0.6) is 0 Å². The zero-order chi connectivity index (χ0) is 38.3. The molecule has 1 aromatic carbocycles. The smallest absolute Gasteiger partial charge is 0.407 e. The normalized spacial score (nSPS) is 14.3. The number of aliphatic carboxylic acids is 1. The number of anilines is 1. The number of imide groups is 1. The van der Waals surface area contributed by atoms with Gasteiger partial charge in [0.05, 0.1) is 5.75 Å². The van der Waals surface area contributed by atoms with Crippen molar-refractivity contribution >= 4 is 63.0 Å². The van der Waals surface area contributed by atoms with Crippen LogP contribution in [0.25, 0.3) is 0 Å². The Balaban J connectivity index is 1.96. The topological polar surface area (TPSA) is 264 Å². The molecule has 0 spiro atoms. The molecule has 0 saturated heterocycles. The van der Waals surface area contributed by atoms with Crippen molar-refractivity contribution in [1.82, 2.24) is 26.2 Å². The lowest BCUT2D eigenvalue weighted by Crippen LogP contribution is -2.55. The first-order valence-electron chi connectivity index (χ1n) is 16.0. The summed E-state index contributed by atoms with van der Waals surface area (Å²) in [5.41, 5.74) is 0.812. The van der Waals surface area contributed by atoms with Crippen molar-refractivity contribution in [2.24, 2.45) is 5.92 Å². The maximum atomic E-state index is 13.1. The molecule has 0 fully saturated rings. The predicted molar refractivity (Wildman–Crippen MR) is 181 cm³/mol. The monoisotopic (exact) mass is 736 g/mol. The number of carbonyl (C=O) groups excluding carboxylic acids is 7. The van der Waals surface area contributed by atoms with Crippen molar-refractivity contribution < 1.29 is 56.6 Å². The van der Waals surface area contributed by atoms with Crippen molar-refractivity contribution in [2.75, 3.05) is 30.4 Å². The summed E-state index contributed by atoms with van der Waals surface area (Å²) >= 11 is 0. The number of hydrogen-bond acceptors (Lipinski definition) is 11. The van der Waals surface area contributed by atoms with Crippen molar-refractivity contribution in [3.8, 4) is 0 Å². The highest BCUT2D eigenvalue weighted by molar-refractivity contribution is 7.90. The van der Waals surface area contributed by atoms with E-state index in [-0.39, 0.29) is 56.3 Å². The number of amides is 7. The average Bonchev–Trinajstić information content (AvgIpc) is 3.36. The second-order valence-corrected chi connectivity index (χ2v) is 14.5. The number of sulfone groups is 1. The van der Waals surface area contributed by atoms with E-state index < -0.39 is 81.9 Å². The van der Waals surface area contributed by atoms with Gasteiger partial charge in [0.1, 0.15) is 34.6 Å². The largest absolute Gasteiger partial charge is 0.481 e. The third-order valence-electron chi connectivity index (χ3n) is 7.19. The van der Waals surface area contributed by atoms with Gasteiger partial charge < -0.3 is 36.4 Å². The molecule has 0 bridgehead atoms. The molecule has 7 amide bonds. The van der Waals surface area contributed by atoms with Crippen LogP contribution in [0, 0.1) is 5.92 Å². The fourth-order valence-corrected chi connectivity index (χ4v) is 4.97. The number of ether oxygens (including phenoxy) is 1. The van der Waals surface area contributed by atoms with Gasteiger partial charge in [0.25, 0.3) is 11.8 Å². The summed E-state index contributed by atoms with van der Waals surface area (Å²) in [5, 5.41) is 21.6. The Morgan fingerprint density at radius 3 is 2.04 bits per heavy atom. The van der Waals surface area contributed by atoms with E-state index in [1.165, 1.54) is 31.2 Å². The summed E-state index contributed by atoms with van der Waals surface area (Å²) < 4.78 is 27.3. The average molecular weight is 737 g/mol. The number of rotatable bonds is 20. The van der Waals surface area contributed by atoms with Gasteiger partial charge in [-0.1, -0.05) is 26.0 Å². The Bertz CT molecular complexity index is 1590. The molecule has 3 atom stereocenters. The van der Waals surface area contributed by atoms with Gasteiger partial charge in [0, 0.05) is 50.0 Å². The predicted octanol–water partition coefficient (Wildman–Crippen LogP) is -0.404. The molecule has 0 saturated carbocycles. The number of benzene rings is 1. The van der Waals surface area contributed by atoms with E-state index in [9.17, 15) is 51.9 Å². The van der Waals surface area contributed by atoms with Crippen LogP contribution >= 0.6 is 0 Å². The summed E-state index contributed by atoms with van der Waals surface area (Å²) in [7, 11) is -3.25. The zero-order valence-electron chi connectivity index (χ0n) is 28.7. The van der Waals surface area contributed by atoms with Gasteiger partial charge in [-0.2, -0.15) is 0 Å². The van der Waals surface area contributed by atoms with Gasteiger partial charge in [-0.25, -0.2) is 13.2 Å². The second kappa shape index (κ2) is 19.8. The molecular weight excluding hydrogens is 692 g/mol. The summed E-state index contributed by atoms with van der Waals surface area (Å²) in [5.74, 6) is -5.45. The molecule has 0 aromatic heterocycles. The van der Waals surface area contributed by atoms with E-state index in [1.807, 2.05) is 13.8 Å². The fourth-order valence-electron chi connectivity index (χ4n) is 4.50. The maximum Gasteiger partial charge on any atom is 0.407 e. The Morgan fingerprint density at radius 2 is 1.47 bits per heavy atom. The van der Waals surface area contributed by atoms with Gasteiger partial charge in [-0.15, -0.1) is 0 Å². The second-order valence-electron chi connectivity index (χ2n) is 12.2. The Kier molecular flexibility index (Phi) is 16.2. The van der Waals surface area contributed by atoms with E-state index in [0.717, 1.165) is 23.3 Å².